The second kappa shape index (κ2) is 12.6. The first-order valence-electron chi connectivity index (χ1n) is 18.7. The number of rotatable bonds is 6. The summed E-state index contributed by atoms with van der Waals surface area (Å²) >= 11 is 0. The van der Waals surface area contributed by atoms with Crippen molar-refractivity contribution >= 4 is 71.6 Å². The van der Waals surface area contributed by atoms with Gasteiger partial charge in [0.2, 0.25) is 0 Å². The molecule has 9 aromatic carbocycles. The summed E-state index contributed by atoms with van der Waals surface area (Å²) in [6.45, 7) is 0. The molecule has 0 aliphatic carbocycles. The fraction of sp³-hybridized carbons (Fsp3) is 0. The van der Waals surface area contributed by atoms with E-state index in [1.165, 1.54) is 32.6 Å². The summed E-state index contributed by atoms with van der Waals surface area (Å²) in [6.07, 6.45) is 0. The standard InChI is InChI=1S/C52H34N2O/c1-3-15-41(16-4-1)53(43-26-23-35-13-7-8-14-36(35)30-43)44-31-39(29-40(32-44)38-25-28-52-48(34-38)46-20-10-12-22-51(46)55-52)37-24-27-50-47(33-37)45-19-9-11-21-49(45)54(50)42-17-5-2-6-18-42/h1-34H. The number of hydrogen-bond donors (Lipinski definition) is 0. The van der Waals surface area contributed by atoms with Gasteiger partial charge in [-0.25, -0.2) is 0 Å². The molecule has 0 fully saturated rings. The van der Waals surface area contributed by atoms with Crippen LogP contribution in [0.1, 0.15) is 0 Å². The number of para-hydroxylation sites is 4. The van der Waals surface area contributed by atoms with Gasteiger partial charge < -0.3 is 13.9 Å². The first-order chi connectivity index (χ1) is 27.2. The highest BCUT2D eigenvalue weighted by molar-refractivity contribution is 6.11. The predicted molar refractivity (Wildman–Crippen MR) is 231 cm³/mol. The molecule has 0 amide bonds. The average molecular weight is 703 g/mol. The van der Waals surface area contributed by atoms with E-state index in [4.69, 9.17) is 4.42 Å². The first-order valence-corrected chi connectivity index (χ1v) is 18.7. The Hall–Kier alpha value is -7.36. The van der Waals surface area contributed by atoms with Gasteiger partial charge in [-0.1, -0.05) is 115 Å². The molecule has 0 aliphatic rings. The van der Waals surface area contributed by atoms with Crippen LogP contribution in [0.15, 0.2) is 211 Å². The third kappa shape index (κ3) is 5.28. The number of benzene rings is 9. The fourth-order valence-electron chi connectivity index (χ4n) is 8.33. The second-order valence-electron chi connectivity index (χ2n) is 14.2. The molecule has 0 N–H and O–H groups in total. The van der Waals surface area contributed by atoms with Crippen LogP contribution in [0, 0.1) is 0 Å². The van der Waals surface area contributed by atoms with Gasteiger partial charge in [0, 0.05) is 44.3 Å². The number of aromatic nitrogens is 1. The minimum atomic E-state index is 0.892. The van der Waals surface area contributed by atoms with Crippen molar-refractivity contribution in [2.75, 3.05) is 4.90 Å². The van der Waals surface area contributed by atoms with Crippen LogP contribution in [0.4, 0.5) is 17.1 Å². The van der Waals surface area contributed by atoms with Gasteiger partial charge in [-0.05, 0) is 124 Å². The van der Waals surface area contributed by atoms with Gasteiger partial charge in [-0.2, -0.15) is 0 Å². The first kappa shape index (κ1) is 31.2. The van der Waals surface area contributed by atoms with E-state index in [0.717, 1.165) is 66.9 Å². The number of furan rings is 1. The second-order valence-corrected chi connectivity index (χ2v) is 14.2. The van der Waals surface area contributed by atoms with Crippen molar-refractivity contribution in [2.24, 2.45) is 0 Å². The lowest BCUT2D eigenvalue weighted by atomic mass is 9.95. The van der Waals surface area contributed by atoms with Crippen LogP contribution in [0.5, 0.6) is 0 Å². The lowest BCUT2D eigenvalue weighted by molar-refractivity contribution is 0.669. The van der Waals surface area contributed by atoms with Crippen LogP contribution >= 0.6 is 0 Å². The zero-order valence-electron chi connectivity index (χ0n) is 29.9. The van der Waals surface area contributed by atoms with E-state index < -0.39 is 0 Å². The molecule has 3 heteroatoms. The monoisotopic (exact) mass is 702 g/mol. The molecule has 0 spiro atoms. The predicted octanol–water partition coefficient (Wildman–Crippen LogP) is 14.6. The van der Waals surface area contributed by atoms with Crippen molar-refractivity contribution in [1.29, 1.82) is 0 Å². The van der Waals surface area contributed by atoms with Gasteiger partial charge in [0.05, 0.1) is 11.0 Å². The fourth-order valence-corrected chi connectivity index (χ4v) is 8.33. The zero-order valence-corrected chi connectivity index (χ0v) is 29.9. The highest BCUT2D eigenvalue weighted by atomic mass is 16.3. The molecule has 0 saturated heterocycles. The molecule has 11 rings (SSSR count). The van der Waals surface area contributed by atoms with Crippen molar-refractivity contribution < 1.29 is 4.42 Å². The minimum Gasteiger partial charge on any atom is -0.456 e. The molecular weight excluding hydrogens is 669 g/mol. The summed E-state index contributed by atoms with van der Waals surface area (Å²) in [6, 6.07) is 74.2. The van der Waals surface area contributed by atoms with E-state index in [2.05, 4.69) is 204 Å². The Morgan fingerprint density at radius 3 is 1.76 bits per heavy atom. The largest absolute Gasteiger partial charge is 0.456 e. The van der Waals surface area contributed by atoms with E-state index >= 15 is 0 Å². The molecule has 11 aromatic rings. The number of hydrogen-bond acceptors (Lipinski definition) is 2. The Morgan fingerprint density at radius 1 is 0.327 bits per heavy atom. The van der Waals surface area contributed by atoms with Crippen LogP contribution in [0.25, 0.3) is 82.5 Å². The lowest BCUT2D eigenvalue weighted by Crippen LogP contribution is -2.10. The quantitative estimate of drug-likeness (QED) is 0.172. The van der Waals surface area contributed by atoms with E-state index in [1.807, 2.05) is 12.1 Å². The van der Waals surface area contributed by atoms with E-state index in [9.17, 15) is 0 Å². The Kier molecular flexibility index (Phi) is 7.17. The third-order valence-electron chi connectivity index (χ3n) is 10.9. The number of nitrogens with zero attached hydrogens (tertiary/aromatic N) is 2. The van der Waals surface area contributed by atoms with Gasteiger partial charge >= 0.3 is 0 Å². The van der Waals surface area contributed by atoms with Crippen LogP contribution < -0.4 is 4.90 Å². The Balaban J connectivity index is 1.16. The molecule has 3 nitrogen and oxygen atoms in total. The molecule has 0 saturated carbocycles. The summed E-state index contributed by atoms with van der Waals surface area (Å²) in [4.78, 5) is 2.38. The lowest BCUT2D eigenvalue weighted by Gasteiger charge is -2.27. The molecule has 0 bridgehead atoms. The Morgan fingerprint density at radius 2 is 0.945 bits per heavy atom. The van der Waals surface area contributed by atoms with Crippen LogP contribution in [-0.2, 0) is 0 Å². The van der Waals surface area contributed by atoms with Crippen molar-refractivity contribution in [2.45, 2.75) is 0 Å². The topological polar surface area (TPSA) is 21.3 Å². The summed E-state index contributed by atoms with van der Waals surface area (Å²) in [5, 5.41) is 7.12. The van der Waals surface area contributed by atoms with Gasteiger partial charge in [0.15, 0.2) is 0 Å². The molecule has 2 aromatic heterocycles. The van der Waals surface area contributed by atoms with E-state index in [-0.39, 0.29) is 0 Å². The third-order valence-corrected chi connectivity index (χ3v) is 10.9. The van der Waals surface area contributed by atoms with Crippen LogP contribution in [0.3, 0.4) is 0 Å². The van der Waals surface area contributed by atoms with Crippen LogP contribution in [-0.4, -0.2) is 4.57 Å². The molecule has 55 heavy (non-hydrogen) atoms. The van der Waals surface area contributed by atoms with Crippen molar-refractivity contribution in [3.8, 4) is 27.9 Å². The normalized spacial score (nSPS) is 11.6. The SMILES string of the molecule is c1ccc(N(c2cc(-c3ccc4oc5ccccc5c4c3)cc(-c3ccc4c(c3)c3ccccc3n4-c3ccccc3)c2)c2ccc3ccccc3c2)cc1. The Labute approximate surface area is 318 Å². The van der Waals surface area contributed by atoms with Gasteiger partial charge in [0.1, 0.15) is 11.2 Å². The number of anilines is 3. The smallest absolute Gasteiger partial charge is 0.135 e. The maximum Gasteiger partial charge on any atom is 0.135 e. The summed E-state index contributed by atoms with van der Waals surface area (Å²) < 4.78 is 8.62. The molecule has 0 radical (unpaired) electrons. The molecule has 0 unspecified atom stereocenters. The minimum absolute atomic E-state index is 0.892. The molecule has 0 aliphatic heterocycles. The molecular formula is C52H34N2O. The molecule has 258 valence electrons. The summed E-state index contributed by atoms with van der Waals surface area (Å²) in [5.74, 6) is 0. The average Bonchev–Trinajstić information content (AvgIpc) is 3.79. The van der Waals surface area contributed by atoms with Crippen molar-refractivity contribution in [3.05, 3.63) is 206 Å². The number of fused-ring (bicyclic) bond motifs is 7. The van der Waals surface area contributed by atoms with Crippen molar-refractivity contribution in [3.63, 3.8) is 0 Å². The Bertz CT molecular complexity index is 3210. The maximum absolute atomic E-state index is 6.25. The zero-order chi connectivity index (χ0) is 36.3. The highest BCUT2D eigenvalue weighted by Gasteiger charge is 2.19. The molecule has 0 atom stereocenters. The van der Waals surface area contributed by atoms with E-state index in [1.54, 1.807) is 0 Å². The highest BCUT2D eigenvalue weighted by Crippen LogP contribution is 2.43. The van der Waals surface area contributed by atoms with Crippen LogP contribution in [0.2, 0.25) is 0 Å². The molecule has 2 heterocycles. The van der Waals surface area contributed by atoms with Crippen molar-refractivity contribution in [1.82, 2.24) is 4.57 Å². The summed E-state index contributed by atoms with van der Waals surface area (Å²) in [5.41, 5.74) is 13.2. The van der Waals surface area contributed by atoms with Gasteiger partial charge in [-0.15, -0.1) is 0 Å². The van der Waals surface area contributed by atoms with Gasteiger partial charge in [-0.3, -0.25) is 0 Å². The van der Waals surface area contributed by atoms with Gasteiger partial charge in [0.25, 0.3) is 0 Å². The van der Waals surface area contributed by atoms with E-state index in [0.29, 0.717) is 0 Å². The summed E-state index contributed by atoms with van der Waals surface area (Å²) in [7, 11) is 0. The maximum atomic E-state index is 6.25.